The van der Waals surface area contributed by atoms with Crippen LogP contribution in [0.4, 0.5) is 4.39 Å². The summed E-state index contributed by atoms with van der Waals surface area (Å²) in [6.07, 6.45) is 0. The van der Waals surface area contributed by atoms with Crippen LogP contribution in [0.25, 0.3) is 0 Å². The van der Waals surface area contributed by atoms with Crippen molar-refractivity contribution in [2.45, 2.75) is 6.54 Å². The number of fused-ring (bicyclic) bond motifs is 1. The van der Waals surface area contributed by atoms with Gasteiger partial charge in [0, 0.05) is 5.56 Å². The summed E-state index contributed by atoms with van der Waals surface area (Å²) in [5, 5.41) is 0.388. The number of carbonyl (C=O) groups is 1. The molecule has 1 amide bonds. The minimum atomic E-state index is -0.743. The number of aromatic nitrogens is 1. The second-order valence-electron chi connectivity index (χ2n) is 2.79. The van der Waals surface area contributed by atoms with Crippen molar-refractivity contribution in [1.29, 1.82) is 0 Å². The van der Waals surface area contributed by atoms with E-state index in [0.29, 0.717) is 0 Å². The van der Waals surface area contributed by atoms with E-state index < -0.39 is 11.7 Å². The van der Waals surface area contributed by atoms with Crippen LogP contribution in [-0.2, 0) is 6.54 Å². The highest BCUT2D eigenvalue weighted by Crippen LogP contribution is 2.31. The molecular formula is C7H4Cl2FN3O. The molecule has 2 rings (SSSR count). The third-order valence-electron chi connectivity index (χ3n) is 1.95. The fourth-order valence-electron chi connectivity index (χ4n) is 1.30. The molecule has 0 atom stereocenters. The van der Waals surface area contributed by atoms with Crippen LogP contribution >= 0.6 is 23.2 Å². The molecule has 74 valence electrons. The molecule has 4 nitrogen and oxygen atoms in total. The zero-order chi connectivity index (χ0) is 10.5. The quantitative estimate of drug-likeness (QED) is 0.420. The Balaban J connectivity index is 2.73. The highest BCUT2D eigenvalue weighted by Gasteiger charge is 2.32. The van der Waals surface area contributed by atoms with E-state index in [0.717, 1.165) is 5.01 Å². The van der Waals surface area contributed by atoms with Crippen molar-refractivity contribution in [3.8, 4) is 0 Å². The zero-order valence-corrected chi connectivity index (χ0v) is 8.23. The minimum absolute atomic E-state index is 0.00364. The Bertz CT molecular complexity index is 437. The molecule has 7 heteroatoms. The van der Waals surface area contributed by atoms with E-state index in [2.05, 4.69) is 4.98 Å². The first-order chi connectivity index (χ1) is 6.52. The average molecular weight is 236 g/mol. The number of halogens is 3. The number of rotatable bonds is 0. The van der Waals surface area contributed by atoms with Gasteiger partial charge in [-0.3, -0.25) is 9.80 Å². The number of amides is 1. The Labute approximate surface area is 88.4 Å². The van der Waals surface area contributed by atoms with Crippen LogP contribution in [0.5, 0.6) is 0 Å². The number of pyridine rings is 1. The van der Waals surface area contributed by atoms with Crippen molar-refractivity contribution in [1.82, 2.24) is 9.99 Å². The van der Waals surface area contributed by atoms with Gasteiger partial charge in [-0.2, -0.15) is 0 Å². The number of hydrogen-bond acceptors (Lipinski definition) is 3. The molecule has 0 spiro atoms. The van der Waals surface area contributed by atoms with Gasteiger partial charge in [-0.25, -0.2) is 15.2 Å². The molecule has 1 aliphatic rings. The summed E-state index contributed by atoms with van der Waals surface area (Å²) in [6.45, 7) is -0.0397. The molecule has 0 aliphatic carbocycles. The average Bonchev–Trinajstić information content (AvgIpc) is 2.40. The second-order valence-corrected chi connectivity index (χ2v) is 3.51. The molecular weight excluding hydrogens is 232 g/mol. The lowest BCUT2D eigenvalue weighted by molar-refractivity contribution is 0.0778. The summed E-state index contributed by atoms with van der Waals surface area (Å²) in [5.74, 6) is 4.01. The van der Waals surface area contributed by atoms with Crippen LogP contribution < -0.4 is 5.84 Å². The maximum absolute atomic E-state index is 13.3. The lowest BCUT2D eigenvalue weighted by atomic mass is 10.2. The van der Waals surface area contributed by atoms with E-state index in [1.807, 2.05) is 0 Å². The first kappa shape index (κ1) is 9.64. The molecule has 1 aliphatic heterocycles. The molecule has 2 heterocycles. The second kappa shape index (κ2) is 3.05. The first-order valence-corrected chi connectivity index (χ1v) is 4.38. The van der Waals surface area contributed by atoms with Gasteiger partial charge in [0.2, 0.25) is 0 Å². The number of hydrogen-bond donors (Lipinski definition) is 1. The Kier molecular flexibility index (Phi) is 2.10. The van der Waals surface area contributed by atoms with Gasteiger partial charge in [0.05, 0.1) is 12.1 Å². The summed E-state index contributed by atoms with van der Waals surface area (Å²) in [7, 11) is 0. The van der Waals surface area contributed by atoms with Crippen LogP contribution in [0.15, 0.2) is 0 Å². The summed E-state index contributed by atoms with van der Waals surface area (Å²) >= 11 is 11.1. The van der Waals surface area contributed by atoms with Crippen LogP contribution in [0.1, 0.15) is 15.9 Å². The van der Waals surface area contributed by atoms with Gasteiger partial charge >= 0.3 is 0 Å². The summed E-state index contributed by atoms with van der Waals surface area (Å²) < 4.78 is 13.3. The zero-order valence-electron chi connectivity index (χ0n) is 6.72. The molecule has 14 heavy (non-hydrogen) atoms. The van der Waals surface area contributed by atoms with Gasteiger partial charge in [-0.15, -0.1) is 0 Å². The molecule has 1 aromatic heterocycles. The minimum Gasteiger partial charge on any atom is -0.272 e. The number of nitrogens with zero attached hydrogens (tertiary/aromatic N) is 2. The van der Waals surface area contributed by atoms with Gasteiger partial charge in [0.1, 0.15) is 5.15 Å². The van der Waals surface area contributed by atoms with Gasteiger partial charge in [-0.1, -0.05) is 23.2 Å². The van der Waals surface area contributed by atoms with Crippen LogP contribution in [0.2, 0.25) is 10.3 Å². The van der Waals surface area contributed by atoms with Crippen molar-refractivity contribution in [2.75, 3.05) is 0 Å². The highest BCUT2D eigenvalue weighted by molar-refractivity contribution is 6.35. The molecule has 0 saturated heterocycles. The third-order valence-corrected chi connectivity index (χ3v) is 2.48. The standard InChI is InChI=1S/C7H4Cl2FN3O/c8-5-3-2(1-13(11)7(3)14)4(10)6(9)12-5/h1,11H2. The third kappa shape index (κ3) is 1.17. The van der Waals surface area contributed by atoms with E-state index in [4.69, 9.17) is 29.0 Å². The lowest BCUT2D eigenvalue weighted by Gasteiger charge is -2.04. The van der Waals surface area contributed by atoms with Crippen molar-refractivity contribution in [3.63, 3.8) is 0 Å². The van der Waals surface area contributed by atoms with Crippen LogP contribution in [0.3, 0.4) is 0 Å². The topological polar surface area (TPSA) is 59.2 Å². The van der Waals surface area contributed by atoms with Crippen molar-refractivity contribution in [2.24, 2.45) is 5.84 Å². The highest BCUT2D eigenvalue weighted by atomic mass is 35.5. The van der Waals surface area contributed by atoms with E-state index in [1.165, 1.54) is 0 Å². The summed E-state index contributed by atoms with van der Waals surface area (Å²) in [5.41, 5.74) is 0.0959. The van der Waals surface area contributed by atoms with Crippen LogP contribution in [-0.4, -0.2) is 15.9 Å². The van der Waals surface area contributed by atoms with E-state index in [1.54, 1.807) is 0 Å². The van der Waals surface area contributed by atoms with Gasteiger partial charge < -0.3 is 0 Å². The van der Waals surface area contributed by atoms with E-state index in [9.17, 15) is 9.18 Å². The normalized spacial score (nSPS) is 14.9. The monoisotopic (exact) mass is 235 g/mol. The number of carbonyl (C=O) groups excluding carboxylic acids is 1. The molecule has 0 aromatic carbocycles. The lowest BCUT2D eigenvalue weighted by Crippen LogP contribution is -2.30. The van der Waals surface area contributed by atoms with E-state index in [-0.39, 0.29) is 28.0 Å². The summed E-state index contributed by atoms with van der Waals surface area (Å²) in [4.78, 5) is 14.8. The van der Waals surface area contributed by atoms with Crippen LogP contribution in [0, 0.1) is 5.82 Å². The number of nitrogens with two attached hydrogens (primary N) is 1. The SMILES string of the molecule is NN1Cc2c(F)c(Cl)nc(Cl)c2C1=O. The molecule has 0 bridgehead atoms. The Morgan fingerprint density at radius 3 is 2.71 bits per heavy atom. The Morgan fingerprint density at radius 1 is 1.43 bits per heavy atom. The van der Waals surface area contributed by atoms with Crippen molar-refractivity contribution < 1.29 is 9.18 Å². The van der Waals surface area contributed by atoms with Gasteiger partial charge in [0.25, 0.3) is 5.91 Å². The first-order valence-electron chi connectivity index (χ1n) is 3.62. The fraction of sp³-hybridized carbons (Fsp3) is 0.143. The van der Waals surface area contributed by atoms with Crippen molar-refractivity contribution >= 4 is 29.1 Å². The Hall–Kier alpha value is -0.910. The van der Waals surface area contributed by atoms with E-state index >= 15 is 0 Å². The molecule has 1 aromatic rings. The van der Waals surface area contributed by atoms with Crippen molar-refractivity contribution in [3.05, 3.63) is 27.3 Å². The predicted molar refractivity (Wildman–Crippen MR) is 48.3 cm³/mol. The van der Waals surface area contributed by atoms with Gasteiger partial charge in [-0.05, 0) is 0 Å². The molecule has 2 N–H and O–H groups in total. The molecule has 0 saturated carbocycles. The number of hydrazine groups is 1. The van der Waals surface area contributed by atoms with Gasteiger partial charge in [0.15, 0.2) is 11.0 Å². The maximum atomic E-state index is 13.3. The fourth-order valence-corrected chi connectivity index (χ4v) is 1.82. The predicted octanol–water partition coefficient (Wildman–Crippen LogP) is 1.36. The maximum Gasteiger partial charge on any atom is 0.271 e. The summed E-state index contributed by atoms with van der Waals surface area (Å²) in [6, 6.07) is 0. The molecule has 0 fully saturated rings. The molecule has 0 radical (unpaired) electrons. The molecule has 0 unspecified atom stereocenters. The largest absolute Gasteiger partial charge is 0.272 e. The Morgan fingerprint density at radius 2 is 2.07 bits per heavy atom. The smallest absolute Gasteiger partial charge is 0.271 e.